The summed E-state index contributed by atoms with van der Waals surface area (Å²) in [6, 6.07) is 0. The molecule has 0 aliphatic rings. The van der Waals surface area contributed by atoms with Gasteiger partial charge in [-0.2, -0.15) is 0 Å². The van der Waals surface area contributed by atoms with Crippen LogP contribution in [0.1, 0.15) is 32.6 Å². The number of azide groups is 1. The second-order valence-corrected chi connectivity index (χ2v) is 2.71. The number of nitrogens with zero attached hydrogens (tertiary/aromatic N) is 3. The van der Waals surface area contributed by atoms with E-state index in [-0.39, 0.29) is 5.97 Å². The molecule has 13 heavy (non-hydrogen) atoms. The lowest BCUT2D eigenvalue weighted by Crippen LogP contribution is -2.00. The Morgan fingerprint density at radius 2 is 2.08 bits per heavy atom. The molecule has 0 fully saturated rings. The fourth-order valence-corrected chi connectivity index (χ4v) is 0.899. The van der Waals surface area contributed by atoms with Crippen LogP contribution in [0.25, 0.3) is 10.4 Å². The fraction of sp³-hybridized carbons (Fsp3) is 0.875. The minimum atomic E-state index is -0.228. The average Bonchev–Trinajstić information content (AvgIpc) is 2.09. The van der Waals surface area contributed by atoms with Gasteiger partial charge in [-0.3, -0.25) is 4.79 Å². The van der Waals surface area contributed by atoms with E-state index in [1.54, 1.807) is 0 Å². The standard InChI is InChI=1S/C8H15N3O2/c1-8(12)13-7-5-3-2-4-6-10-11-9/h2-7H2,1H3. The molecule has 0 unspecified atom stereocenters. The van der Waals surface area contributed by atoms with Gasteiger partial charge < -0.3 is 4.74 Å². The molecule has 5 nitrogen and oxygen atoms in total. The zero-order chi connectivity index (χ0) is 9.94. The lowest BCUT2D eigenvalue weighted by atomic mass is 10.2. The monoisotopic (exact) mass is 185 g/mol. The van der Waals surface area contributed by atoms with Crippen LogP contribution in [0.2, 0.25) is 0 Å². The normalized spacial score (nSPS) is 9.00. The lowest BCUT2D eigenvalue weighted by Gasteiger charge is -2.00. The smallest absolute Gasteiger partial charge is 0.302 e. The van der Waals surface area contributed by atoms with Gasteiger partial charge >= 0.3 is 5.97 Å². The van der Waals surface area contributed by atoms with Crippen molar-refractivity contribution in [2.75, 3.05) is 13.2 Å². The number of ether oxygens (including phenoxy) is 1. The summed E-state index contributed by atoms with van der Waals surface area (Å²) in [5.74, 6) is -0.228. The first kappa shape index (κ1) is 11.8. The molecule has 0 rings (SSSR count). The quantitative estimate of drug-likeness (QED) is 0.201. The van der Waals surface area contributed by atoms with Crippen LogP contribution in [0.5, 0.6) is 0 Å². The predicted molar refractivity (Wildman–Crippen MR) is 49.1 cm³/mol. The Morgan fingerprint density at radius 3 is 2.69 bits per heavy atom. The van der Waals surface area contributed by atoms with Crippen molar-refractivity contribution in [3.63, 3.8) is 0 Å². The molecular weight excluding hydrogens is 170 g/mol. The first-order valence-electron chi connectivity index (χ1n) is 4.41. The van der Waals surface area contributed by atoms with E-state index in [2.05, 4.69) is 10.0 Å². The molecule has 0 saturated carbocycles. The predicted octanol–water partition coefficient (Wildman–Crippen LogP) is 2.42. The maximum absolute atomic E-state index is 10.3. The zero-order valence-electron chi connectivity index (χ0n) is 7.90. The zero-order valence-corrected chi connectivity index (χ0v) is 7.90. The largest absolute Gasteiger partial charge is 0.466 e. The Labute approximate surface area is 77.7 Å². The number of hydrogen-bond donors (Lipinski definition) is 0. The fourth-order valence-electron chi connectivity index (χ4n) is 0.899. The molecule has 0 aromatic rings. The number of carbonyl (C=O) groups is 1. The Morgan fingerprint density at radius 1 is 1.38 bits per heavy atom. The third-order valence-corrected chi connectivity index (χ3v) is 1.52. The van der Waals surface area contributed by atoms with Crippen molar-refractivity contribution in [1.82, 2.24) is 0 Å². The SMILES string of the molecule is CC(=O)OCCCCCCN=[N+]=[N-]. The van der Waals surface area contributed by atoms with Crippen molar-refractivity contribution in [2.45, 2.75) is 32.6 Å². The molecule has 0 aliphatic heterocycles. The molecule has 0 N–H and O–H groups in total. The van der Waals surface area contributed by atoms with Crippen molar-refractivity contribution in [2.24, 2.45) is 5.11 Å². The maximum Gasteiger partial charge on any atom is 0.302 e. The van der Waals surface area contributed by atoms with Gasteiger partial charge in [0.2, 0.25) is 0 Å². The number of hydrogen-bond acceptors (Lipinski definition) is 3. The van der Waals surface area contributed by atoms with Crippen LogP contribution in [0.4, 0.5) is 0 Å². The maximum atomic E-state index is 10.3. The lowest BCUT2D eigenvalue weighted by molar-refractivity contribution is -0.141. The van der Waals surface area contributed by atoms with E-state index in [0.717, 1.165) is 25.7 Å². The molecule has 0 amide bonds. The Hall–Kier alpha value is -1.22. The molecule has 0 heterocycles. The van der Waals surface area contributed by atoms with Crippen molar-refractivity contribution in [1.29, 1.82) is 0 Å². The van der Waals surface area contributed by atoms with E-state index in [1.165, 1.54) is 6.92 Å². The van der Waals surface area contributed by atoms with Gasteiger partial charge in [-0.25, -0.2) is 0 Å². The summed E-state index contributed by atoms with van der Waals surface area (Å²) < 4.78 is 4.75. The number of carbonyl (C=O) groups excluding carboxylic acids is 1. The van der Waals surface area contributed by atoms with E-state index in [9.17, 15) is 4.79 Å². The summed E-state index contributed by atoms with van der Waals surface area (Å²) in [7, 11) is 0. The van der Waals surface area contributed by atoms with Gasteiger partial charge in [0.15, 0.2) is 0 Å². The highest BCUT2D eigenvalue weighted by molar-refractivity contribution is 5.65. The molecule has 0 saturated heterocycles. The first-order chi connectivity index (χ1) is 6.27. The Balaban J connectivity index is 2.99. The van der Waals surface area contributed by atoms with Crippen LogP contribution in [0.3, 0.4) is 0 Å². The Kier molecular flexibility index (Phi) is 8.04. The van der Waals surface area contributed by atoms with Crippen LogP contribution >= 0.6 is 0 Å². The molecule has 0 aromatic heterocycles. The third kappa shape index (κ3) is 10.8. The van der Waals surface area contributed by atoms with Gasteiger partial charge in [0.25, 0.3) is 0 Å². The molecule has 0 spiro atoms. The molecule has 0 bridgehead atoms. The van der Waals surface area contributed by atoms with Gasteiger partial charge in [0, 0.05) is 18.4 Å². The van der Waals surface area contributed by atoms with E-state index >= 15 is 0 Å². The van der Waals surface area contributed by atoms with Crippen LogP contribution in [-0.4, -0.2) is 19.1 Å². The number of rotatable bonds is 7. The molecular formula is C8H15N3O2. The molecule has 0 atom stereocenters. The van der Waals surface area contributed by atoms with Crippen molar-refractivity contribution in [3.8, 4) is 0 Å². The highest BCUT2D eigenvalue weighted by Crippen LogP contribution is 2.00. The minimum absolute atomic E-state index is 0.228. The summed E-state index contributed by atoms with van der Waals surface area (Å²) in [6.45, 7) is 2.46. The number of unbranched alkanes of at least 4 members (excludes halogenated alkanes) is 3. The van der Waals surface area contributed by atoms with Crippen LogP contribution in [-0.2, 0) is 9.53 Å². The van der Waals surface area contributed by atoms with Crippen molar-refractivity contribution < 1.29 is 9.53 Å². The second kappa shape index (κ2) is 8.87. The highest BCUT2D eigenvalue weighted by atomic mass is 16.5. The second-order valence-electron chi connectivity index (χ2n) is 2.71. The van der Waals surface area contributed by atoms with E-state index in [1.807, 2.05) is 0 Å². The third-order valence-electron chi connectivity index (χ3n) is 1.52. The van der Waals surface area contributed by atoms with Gasteiger partial charge in [0.1, 0.15) is 0 Å². The summed E-state index contributed by atoms with van der Waals surface area (Å²) in [5.41, 5.74) is 7.97. The number of esters is 1. The molecule has 74 valence electrons. The highest BCUT2D eigenvalue weighted by Gasteiger charge is 1.92. The van der Waals surface area contributed by atoms with Crippen molar-refractivity contribution >= 4 is 5.97 Å². The van der Waals surface area contributed by atoms with Crippen LogP contribution in [0.15, 0.2) is 5.11 Å². The summed E-state index contributed by atoms with van der Waals surface area (Å²) in [4.78, 5) is 13.0. The average molecular weight is 185 g/mol. The van der Waals surface area contributed by atoms with Crippen LogP contribution < -0.4 is 0 Å². The van der Waals surface area contributed by atoms with Crippen LogP contribution in [0, 0.1) is 0 Å². The summed E-state index contributed by atoms with van der Waals surface area (Å²) >= 11 is 0. The van der Waals surface area contributed by atoms with E-state index in [0.29, 0.717) is 13.2 Å². The summed E-state index contributed by atoms with van der Waals surface area (Å²) in [6.07, 6.45) is 3.81. The van der Waals surface area contributed by atoms with Crippen molar-refractivity contribution in [3.05, 3.63) is 10.4 Å². The summed E-state index contributed by atoms with van der Waals surface area (Å²) in [5, 5.41) is 3.41. The molecule has 0 radical (unpaired) electrons. The van der Waals surface area contributed by atoms with Gasteiger partial charge in [-0.05, 0) is 18.4 Å². The van der Waals surface area contributed by atoms with Gasteiger partial charge in [0.05, 0.1) is 6.61 Å². The van der Waals surface area contributed by atoms with E-state index in [4.69, 9.17) is 10.3 Å². The Bertz CT molecular complexity index is 182. The molecule has 5 heteroatoms. The minimum Gasteiger partial charge on any atom is -0.466 e. The first-order valence-corrected chi connectivity index (χ1v) is 4.41. The van der Waals surface area contributed by atoms with E-state index < -0.39 is 0 Å². The molecule has 0 aliphatic carbocycles. The van der Waals surface area contributed by atoms with Gasteiger partial charge in [-0.1, -0.05) is 18.0 Å². The molecule has 0 aromatic carbocycles. The van der Waals surface area contributed by atoms with Gasteiger partial charge in [-0.15, -0.1) is 0 Å². The topological polar surface area (TPSA) is 75.1 Å².